The molecular weight excluding hydrogens is 477 g/mol. The number of aliphatic hydroxyl groups excluding tert-OH is 2. The smallest absolute Gasteiger partial charge is 0.314 e. The van der Waals surface area contributed by atoms with Gasteiger partial charge in [0, 0.05) is 0 Å². The van der Waals surface area contributed by atoms with Gasteiger partial charge in [0.05, 0.1) is 5.86 Å². The Morgan fingerprint density at radius 3 is 1.50 bits per heavy atom. The zero-order valence-corrected chi connectivity index (χ0v) is 11.1. The van der Waals surface area contributed by atoms with E-state index in [4.69, 9.17) is 15.3 Å². The summed E-state index contributed by atoms with van der Waals surface area (Å²) >= 11 is 6.09. The molecule has 0 bridgehead atoms. The van der Waals surface area contributed by atoms with Gasteiger partial charge in [-0.15, -0.1) is 0 Å². The van der Waals surface area contributed by atoms with Crippen molar-refractivity contribution in [1.29, 1.82) is 0 Å². The van der Waals surface area contributed by atoms with Gasteiger partial charge in [0.1, 0.15) is 0 Å². The summed E-state index contributed by atoms with van der Waals surface area (Å²) in [7, 11) is 0. The minimum atomic E-state index is -0.988. The van der Waals surface area contributed by atoms with Crippen LogP contribution in [0.25, 0.3) is 0 Å². The Labute approximate surface area is 99.3 Å². The Kier molecular flexibility index (Phi) is 5.73. The summed E-state index contributed by atoms with van der Waals surface area (Å²) in [5, 5.41) is 25.8. The van der Waals surface area contributed by atoms with Crippen LogP contribution in [0, 0.1) is 0 Å². The average molecular weight is 482 g/mol. The molecule has 0 aliphatic rings. The molecule has 0 fully saturated rings. The Balaban J connectivity index is 4.22. The number of allylic oxidation sites excluding steroid dienone is 1. The van der Waals surface area contributed by atoms with Crippen molar-refractivity contribution in [3.05, 3.63) is 11.7 Å². The molecule has 0 radical (unpaired) electrons. The normalized spacial score (nSPS) is 13.2. The highest BCUT2D eigenvalue weighted by Gasteiger charge is 2.20. The second-order valence-corrected chi connectivity index (χ2v) is 7.85. The monoisotopic (exact) mass is 482 g/mol. The van der Waals surface area contributed by atoms with Crippen molar-refractivity contribution in [1.82, 2.24) is 0 Å². The molecule has 6 heteroatoms. The lowest BCUT2D eigenvalue weighted by atomic mass is 10.4. The van der Waals surface area contributed by atoms with Crippen molar-refractivity contribution >= 4 is 67.8 Å². The van der Waals surface area contributed by atoms with E-state index >= 15 is 0 Å². The number of aliphatic hydroxyl groups is 3. The van der Waals surface area contributed by atoms with Crippen molar-refractivity contribution < 1.29 is 15.3 Å². The first-order valence-corrected chi connectivity index (χ1v) is 5.93. The molecule has 3 nitrogen and oxygen atoms in total. The number of hydrogen-bond donors (Lipinski definition) is 3. The molecule has 0 aromatic carbocycles. The maximum Gasteiger partial charge on any atom is 0.314 e. The molecule has 60 valence electrons. The maximum atomic E-state index is 8.93. The van der Waals surface area contributed by atoms with Gasteiger partial charge in [-0.05, 0) is 0 Å². The van der Waals surface area contributed by atoms with Crippen LogP contribution >= 0.6 is 67.8 Å². The maximum absolute atomic E-state index is 8.93. The summed E-state index contributed by atoms with van der Waals surface area (Å²) in [6.45, 7) is 0. The third-order valence-corrected chi connectivity index (χ3v) is 6.21. The highest BCUT2D eigenvalue weighted by molar-refractivity contribution is 14.2. The van der Waals surface area contributed by atoms with Crippen LogP contribution in [0.4, 0.5) is 0 Å². The largest absolute Gasteiger partial charge is 0.505 e. The molecule has 0 spiro atoms. The van der Waals surface area contributed by atoms with E-state index in [9.17, 15) is 0 Å². The van der Waals surface area contributed by atoms with Gasteiger partial charge in [0.2, 0.25) is 0 Å². The van der Waals surface area contributed by atoms with Gasteiger partial charge in [0.25, 0.3) is 0 Å². The van der Waals surface area contributed by atoms with Crippen LogP contribution in [0.2, 0.25) is 0 Å². The summed E-state index contributed by atoms with van der Waals surface area (Å²) in [5.41, 5.74) is 0. The molecule has 0 saturated heterocycles. The fourth-order valence-electron chi connectivity index (χ4n) is 0.243. The minimum absolute atomic E-state index is 0.130. The molecule has 0 aliphatic carbocycles. The lowest BCUT2D eigenvalue weighted by Crippen LogP contribution is -2.11. The fraction of sp³-hybridized carbons (Fsp3) is 0.500. The Hall–Kier alpha value is 1.33. The van der Waals surface area contributed by atoms with E-state index in [2.05, 4.69) is 45.2 Å². The molecule has 0 amide bonds. The second-order valence-electron chi connectivity index (χ2n) is 1.45. The molecule has 3 N–H and O–H groups in total. The Morgan fingerprint density at radius 1 is 1.00 bits per heavy atom. The second kappa shape index (κ2) is 5.06. The Bertz CT molecular complexity index is 141. The van der Waals surface area contributed by atoms with E-state index in [-0.39, 0.29) is 11.6 Å². The third kappa shape index (κ3) is 3.64. The van der Waals surface area contributed by atoms with Crippen LogP contribution in [0.3, 0.4) is 0 Å². The molecule has 0 rings (SSSR count). The van der Waals surface area contributed by atoms with Crippen LogP contribution in [-0.4, -0.2) is 21.2 Å². The minimum Gasteiger partial charge on any atom is -0.505 e. The van der Waals surface area contributed by atoms with Gasteiger partial charge in [-0.2, -0.15) is 0 Å². The summed E-state index contributed by atoms with van der Waals surface area (Å²) in [6, 6.07) is 0. The SMILES string of the molecule is OC(O)=C(O)C(I)C(I)I. The van der Waals surface area contributed by atoms with Crippen LogP contribution in [-0.2, 0) is 0 Å². The van der Waals surface area contributed by atoms with Gasteiger partial charge in [-0.1, -0.05) is 67.8 Å². The van der Waals surface area contributed by atoms with E-state index < -0.39 is 5.95 Å². The molecule has 0 aromatic heterocycles. The predicted octanol–water partition coefficient (Wildman–Crippen LogP) is 2.83. The van der Waals surface area contributed by atoms with Gasteiger partial charge < -0.3 is 15.3 Å². The number of alkyl halides is 3. The van der Waals surface area contributed by atoms with Crippen molar-refractivity contribution in [2.24, 2.45) is 0 Å². The first-order chi connectivity index (χ1) is 4.46. The number of halogens is 3. The van der Waals surface area contributed by atoms with Crippen LogP contribution in [0.5, 0.6) is 0 Å². The van der Waals surface area contributed by atoms with Crippen LogP contribution in [0.1, 0.15) is 0 Å². The average Bonchev–Trinajstić information content (AvgIpc) is 1.84. The first-order valence-electron chi connectivity index (χ1n) is 2.20. The van der Waals surface area contributed by atoms with Crippen molar-refractivity contribution in [3.8, 4) is 0 Å². The molecule has 0 aliphatic heterocycles. The van der Waals surface area contributed by atoms with Gasteiger partial charge in [0.15, 0.2) is 5.76 Å². The molecule has 10 heavy (non-hydrogen) atoms. The molecule has 0 aromatic rings. The molecule has 1 atom stereocenters. The van der Waals surface area contributed by atoms with Crippen molar-refractivity contribution in [3.63, 3.8) is 0 Å². The quantitative estimate of drug-likeness (QED) is 0.323. The highest BCUT2D eigenvalue weighted by atomic mass is 127. The zero-order valence-electron chi connectivity index (χ0n) is 4.63. The van der Waals surface area contributed by atoms with Gasteiger partial charge in [-0.25, -0.2) is 0 Å². The van der Waals surface area contributed by atoms with Gasteiger partial charge >= 0.3 is 5.95 Å². The van der Waals surface area contributed by atoms with E-state index in [0.717, 1.165) is 0 Å². The van der Waals surface area contributed by atoms with Crippen molar-refractivity contribution in [2.75, 3.05) is 0 Å². The predicted molar refractivity (Wildman–Crippen MR) is 64.5 cm³/mol. The Morgan fingerprint density at radius 2 is 1.40 bits per heavy atom. The van der Waals surface area contributed by atoms with E-state index in [1.54, 1.807) is 0 Å². The van der Waals surface area contributed by atoms with Crippen LogP contribution < -0.4 is 0 Å². The molecule has 0 heterocycles. The lowest BCUT2D eigenvalue weighted by Gasteiger charge is -2.08. The molecular formula is C4H5I3O3. The van der Waals surface area contributed by atoms with E-state index in [1.165, 1.54) is 0 Å². The molecule has 0 saturated carbocycles. The highest BCUT2D eigenvalue weighted by Crippen LogP contribution is 2.27. The number of rotatable bonds is 2. The summed E-state index contributed by atoms with van der Waals surface area (Å²) in [6.07, 6.45) is 0. The van der Waals surface area contributed by atoms with E-state index in [0.29, 0.717) is 0 Å². The third-order valence-electron chi connectivity index (χ3n) is 0.712. The standard InChI is InChI=1S/C4H5I3O3/c5-1(3(6)7)2(8)4(9)10/h1,3,8-10H. The lowest BCUT2D eigenvalue weighted by molar-refractivity contribution is 0.157. The van der Waals surface area contributed by atoms with E-state index in [1.807, 2.05) is 22.6 Å². The topological polar surface area (TPSA) is 60.7 Å². The van der Waals surface area contributed by atoms with Crippen LogP contribution in [0.15, 0.2) is 11.7 Å². The summed E-state index contributed by atoms with van der Waals surface area (Å²) in [4.78, 5) is 0. The first kappa shape index (κ1) is 11.3. The van der Waals surface area contributed by atoms with Crippen molar-refractivity contribution in [2.45, 2.75) is 5.86 Å². The summed E-state index contributed by atoms with van der Waals surface area (Å²) in [5.74, 6) is -1.35. The zero-order chi connectivity index (χ0) is 8.31. The van der Waals surface area contributed by atoms with Gasteiger partial charge in [-0.3, -0.25) is 0 Å². The fourth-order valence-corrected chi connectivity index (χ4v) is 1.20. The molecule has 1 unspecified atom stereocenters. The number of hydrogen-bond acceptors (Lipinski definition) is 3. The summed E-state index contributed by atoms with van der Waals surface area (Å²) < 4.78 is -0.131.